The number of aliphatic carboxylic acids is 1. The summed E-state index contributed by atoms with van der Waals surface area (Å²) in [6.45, 7) is 1.55. The number of aromatic hydroxyl groups is 1. The highest BCUT2D eigenvalue weighted by Crippen LogP contribution is 2.41. The lowest BCUT2D eigenvalue weighted by molar-refractivity contribution is -0.139. The Labute approximate surface area is 230 Å². The van der Waals surface area contributed by atoms with Crippen molar-refractivity contribution in [1.82, 2.24) is 5.32 Å². The molecule has 2 atom stereocenters. The van der Waals surface area contributed by atoms with Crippen molar-refractivity contribution >= 4 is 63.0 Å². The van der Waals surface area contributed by atoms with Crippen LogP contribution in [0.3, 0.4) is 0 Å². The highest BCUT2D eigenvalue weighted by atomic mass is 35.5. The van der Waals surface area contributed by atoms with Gasteiger partial charge in [-0.05, 0) is 48.6 Å². The van der Waals surface area contributed by atoms with E-state index in [-0.39, 0.29) is 39.0 Å². The molecule has 9 nitrogen and oxygen atoms in total. The minimum Gasteiger partial charge on any atom is -0.508 e. The van der Waals surface area contributed by atoms with Gasteiger partial charge in [0.25, 0.3) is 5.91 Å². The van der Waals surface area contributed by atoms with Crippen molar-refractivity contribution in [3.05, 3.63) is 81.8 Å². The lowest BCUT2D eigenvalue weighted by atomic mass is 10.1. The van der Waals surface area contributed by atoms with Gasteiger partial charge in [-0.15, -0.1) is 0 Å². The van der Waals surface area contributed by atoms with Gasteiger partial charge in [0.15, 0.2) is 9.84 Å². The molecule has 38 heavy (non-hydrogen) atoms. The maximum atomic E-state index is 13.1. The molecule has 3 rings (SSSR count). The van der Waals surface area contributed by atoms with Gasteiger partial charge in [-0.1, -0.05) is 47.5 Å². The number of sulfone groups is 1. The Morgan fingerprint density at radius 3 is 2.24 bits per heavy atom. The van der Waals surface area contributed by atoms with E-state index in [1.807, 2.05) is 0 Å². The molecule has 0 spiro atoms. The number of anilines is 1. The molecular formula is C25H25Cl2N2O7PS. The summed E-state index contributed by atoms with van der Waals surface area (Å²) in [5, 5.41) is 25.0. The molecule has 0 aliphatic rings. The number of amides is 1. The molecule has 202 valence electrons. The number of benzene rings is 3. The topological polar surface area (TPSA) is 150 Å². The number of rotatable bonds is 10. The lowest BCUT2D eigenvalue weighted by Gasteiger charge is -2.18. The third-order valence-corrected chi connectivity index (χ3v) is 9.44. The monoisotopic (exact) mass is 598 g/mol. The van der Waals surface area contributed by atoms with E-state index in [4.69, 9.17) is 23.2 Å². The largest absolute Gasteiger partial charge is 0.508 e. The average Bonchev–Trinajstić information content (AvgIpc) is 2.81. The van der Waals surface area contributed by atoms with E-state index in [0.29, 0.717) is 16.6 Å². The molecule has 0 saturated carbocycles. The van der Waals surface area contributed by atoms with Crippen molar-refractivity contribution < 1.29 is 32.8 Å². The van der Waals surface area contributed by atoms with Crippen LogP contribution in [0.15, 0.2) is 65.6 Å². The Hall–Kier alpha value is -3.04. The fourth-order valence-corrected chi connectivity index (χ4v) is 6.41. The molecule has 3 aromatic carbocycles. The van der Waals surface area contributed by atoms with E-state index < -0.39 is 34.9 Å². The molecule has 0 aromatic heterocycles. The first kappa shape index (κ1) is 29.5. The Morgan fingerprint density at radius 2 is 1.66 bits per heavy atom. The van der Waals surface area contributed by atoms with Crippen LogP contribution < -0.4 is 15.9 Å². The summed E-state index contributed by atoms with van der Waals surface area (Å²) in [4.78, 5) is 24.8. The normalized spacial score (nSPS) is 13.8. The summed E-state index contributed by atoms with van der Waals surface area (Å²) in [5.41, 5.74) is 0.627. The third kappa shape index (κ3) is 7.51. The highest BCUT2D eigenvalue weighted by molar-refractivity contribution is 7.90. The Balaban J connectivity index is 1.76. The zero-order valence-corrected chi connectivity index (χ0v) is 23.5. The molecule has 0 bridgehead atoms. The van der Waals surface area contributed by atoms with Crippen molar-refractivity contribution in [2.45, 2.75) is 17.4 Å². The van der Waals surface area contributed by atoms with Crippen molar-refractivity contribution in [2.75, 3.05) is 24.5 Å². The maximum absolute atomic E-state index is 13.1. The summed E-state index contributed by atoms with van der Waals surface area (Å²) in [5.74, 6) is -2.17. The zero-order chi connectivity index (χ0) is 28.3. The van der Waals surface area contributed by atoms with Gasteiger partial charge < -0.3 is 25.4 Å². The van der Waals surface area contributed by atoms with Crippen LogP contribution in [0.5, 0.6) is 5.75 Å². The number of hydrogen-bond donors (Lipinski definition) is 4. The standard InChI is InChI=1S/C25H25Cl2N2O7PS/c1-37(34,18-7-4-6-17(30)13-18)14-28-16-11-20(26)23(21(27)12-16)24(31)29-22(25(32)33)10-15-5-3-8-19(9-15)38(2,35)36/h3-9,11-13,22,28,30H,10,14H2,1-2H3,(H,29,31)(H,32,33). The molecule has 0 fully saturated rings. The molecule has 0 aliphatic heterocycles. The number of nitrogens with one attached hydrogen (secondary N) is 2. The Bertz CT molecular complexity index is 1520. The minimum atomic E-state index is -3.50. The molecule has 0 saturated heterocycles. The number of carbonyl (C=O) groups excluding carboxylic acids is 1. The molecule has 13 heteroatoms. The molecule has 2 unspecified atom stereocenters. The first-order valence-corrected chi connectivity index (χ1v) is 16.1. The van der Waals surface area contributed by atoms with Crippen molar-refractivity contribution in [2.24, 2.45) is 0 Å². The number of hydrogen-bond acceptors (Lipinski definition) is 7. The first-order valence-electron chi connectivity index (χ1n) is 11.1. The van der Waals surface area contributed by atoms with E-state index >= 15 is 0 Å². The number of carboxylic acid groups (broad SMARTS) is 1. The second-order valence-corrected chi connectivity index (χ2v) is 14.6. The summed E-state index contributed by atoms with van der Waals surface area (Å²) in [6.07, 6.45) is 0.874. The first-order chi connectivity index (χ1) is 17.7. The molecule has 3 aromatic rings. The third-order valence-electron chi connectivity index (χ3n) is 5.60. The predicted molar refractivity (Wildman–Crippen MR) is 148 cm³/mol. The fraction of sp³-hybridized carbons (Fsp3) is 0.200. The quantitative estimate of drug-likeness (QED) is 0.253. The lowest BCUT2D eigenvalue weighted by Crippen LogP contribution is -2.42. The van der Waals surface area contributed by atoms with Crippen LogP contribution in [-0.4, -0.2) is 55.8 Å². The number of carbonyl (C=O) groups is 2. The van der Waals surface area contributed by atoms with Crippen LogP contribution in [0.2, 0.25) is 10.0 Å². The number of halogens is 2. The summed E-state index contributed by atoms with van der Waals surface area (Å²) in [6, 6.07) is 13.3. The van der Waals surface area contributed by atoms with E-state index in [2.05, 4.69) is 10.6 Å². The molecule has 0 radical (unpaired) electrons. The molecule has 0 aliphatic carbocycles. The van der Waals surface area contributed by atoms with Crippen LogP contribution in [0.1, 0.15) is 15.9 Å². The average molecular weight is 599 g/mol. The number of phenolic OH excluding ortho intramolecular Hbond substituents is 1. The molecule has 0 heterocycles. The second-order valence-electron chi connectivity index (χ2n) is 8.76. The van der Waals surface area contributed by atoms with Gasteiger partial charge >= 0.3 is 5.97 Å². The van der Waals surface area contributed by atoms with Crippen LogP contribution >= 0.6 is 30.3 Å². The van der Waals surface area contributed by atoms with E-state index in [1.165, 1.54) is 42.5 Å². The summed E-state index contributed by atoms with van der Waals surface area (Å²) < 4.78 is 36.7. The van der Waals surface area contributed by atoms with Crippen molar-refractivity contribution in [3.8, 4) is 5.75 Å². The van der Waals surface area contributed by atoms with Gasteiger partial charge in [0.05, 0.1) is 26.8 Å². The number of phenols is 1. The van der Waals surface area contributed by atoms with E-state index in [0.717, 1.165) is 6.26 Å². The van der Waals surface area contributed by atoms with Crippen LogP contribution in [-0.2, 0) is 25.6 Å². The van der Waals surface area contributed by atoms with Gasteiger partial charge in [0.1, 0.15) is 18.9 Å². The molecule has 1 amide bonds. The van der Waals surface area contributed by atoms with Gasteiger partial charge in [-0.25, -0.2) is 13.2 Å². The van der Waals surface area contributed by atoms with Gasteiger partial charge in [-0.3, -0.25) is 4.79 Å². The SMILES string of the molecule is CP(=O)(CNc1cc(Cl)c(C(=O)NC(Cc2cccc(S(C)(=O)=O)c2)C(=O)O)c(Cl)c1)c1cccc(O)c1. The Kier molecular flexibility index (Phi) is 9.15. The van der Waals surface area contributed by atoms with E-state index in [1.54, 1.807) is 24.9 Å². The van der Waals surface area contributed by atoms with Gasteiger partial charge in [0, 0.05) is 23.7 Å². The smallest absolute Gasteiger partial charge is 0.326 e. The predicted octanol–water partition coefficient (Wildman–Crippen LogP) is 4.22. The zero-order valence-electron chi connectivity index (χ0n) is 20.3. The summed E-state index contributed by atoms with van der Waals surface area (Å²) in [7, 11) is -6.41. The van der Waals surface area contributed by atoms with E-state index in [9.17, 15) is 32.8 Å². The van der Waals surface area contributed by atoms with Gasteiger partial charge in [0.2, 0.25) is 0 Å². The second kappa shape index (κ2) is 11.8. The highest BCUT2D eigenvalue weighted by Gasteiger charge is 2.25. The molecular weight excluding hydrogens is 574 g/mol. The summed E-state index contributed by atoms with van der Waals surface area (Å²) >= 11 is 12.6. The van der Waals surface area contributed by atoms with Crippen molar-refractivity contribution in [3.63, 3.8) is 0 Å². The molecule has 4 N–H and O–H groups in total. The Morgan fingerprint density at radius 1 is 1.03 bits per heavy atom. The van der Waals surface area contributed by atoms with Crippen LogP contribution in [0.4, 0.5) is 5.69 Å². The minimum absolute atomic E-state index is 0.00574. The van der Waals surface area contributed by atoms with Crippen LogP contribution in [0, 0.1) is 0 Å². The van der Waals surface area contributed by atoms with Gasteiger partial charge in [-0.2, -0.15) is 0 Å². The van der Waals surface area contributed by atoms with Crippen molar-refractivity contribution in [1.29, 1.82) is 0 Å². The van der Waals surface area contributed by atoms with Crippen LogP contribution in [0.25, 0.3) is 0 Å². The maximum Gasteiger partial charge on any atom is 0.326 e. The number of carboxylic acids is 1. The fourth-order valence-electron chi connectivity index (χ4n) is 3.58.